The fourth-order valence-corrected chi connectivity index (χ4v) is 5.09. The van der Waals surface area contributed by atoms with Crippen molar-refractivity contribution in [3.05, 3.63) is 88.8 Å². The van der Waals surface area contributed by atoms with Crippen LogP contribution >= 0.6 is 0 Å². The molecule has 2 aliphatic rings. The van der Waals surface area contributed by atoms with Crippen LogP contribution in [0.5, 0.6) is 17.2 Å². The summed E-state index contributed by atoms with van der Waals surface area (Å²) in [4.78, 5) is 32.5. The minimum atomic E-state index is -0.832. The molecule has 1 N–H and O–H groups in total. The summed E-state index contributed by atoms with van der Waals surface area (Å²) in [6.07, 6.45) is 4.86. The van der Waals surface area contributed by atoms with Crippen molar-refractivity contribution in [2.45, 2.75) is 52.3 Å². The van der Waals surface area contributed by atoms with Gasteiger partial charge in [-0.3, -0.25) is 14.6 Å². The quantitative estimate of drug-likeness (QED) is 0.231. The zero-order valence-corrected chi connectivity index (χ0v) is 22.3. The number of aromatic nitrogens is 1. The molecule has 202 valence electrons. The molecule has 1 fully saturated rings. The lowest BCUT2D eigenvalue weighted by Crippen LogP contribution is -2.29. The van der Waals surface area contributed by atoms with E-state index in [1.807, 2.05) is 32.9 Å². The highest BCUT2D eigenvalue weighted by atomic mass is 16.5. The summed E-state index contributed by atoms with van der Waals surface area (Å²) in [7, 11) is 0. The molecule has 0 saturated carbocycles. The first-order valence-electron chi connectivity index (χ1n) is 13.3. The molecule has 5 rings (SSSR count). The maximum absolute atomic E-state index is 13.5. The second-order valence-electron chi connectivity index (χ2n) is 9.73. The van der Waals surface area contributed by atoms with Crippen LogP contribution in [0.1, 0.15) is 55.5 Å². The molecule has 0 aliphatic carbocycles. The largest absolute Gasteiger partial charge is 0.507 e. The molecule has 1 aromatic heterocycles. The molecule has 8 nitrogen and oxygen atoms in total. The van der Waals surface area contributed by atoms with Crippen LogP contribution in [-0.4, -0.2) is 46.0 Å². The van der Waals surface area contributed by atoms with E-state index in [0.29, 0.717) is 42.3 Å². The molecule has 0 unspecified atom stereocenters. The molecule has 2 aromatic carbocycles. The summed E-state index contributed by atoms with van der Waals surface area (Å²) >= 11 is 0. The zero-order valence-electron chi connectivity index (χ0n) is 22.3. The average Bonchev–Trinajstić information content (AvgIpc) is 3.43. The van der Waals surface area contributed by atoms with Crippen molar-refractivity contribution in [3.8, 4) is 17.2 Å². The first kappa shape index (κ1) is 26.3. The number of pyridine rings is 1. The molecule has 3 aromatic rings. The lowest BCUT2D eigenvalue weighted by molar-refractivity contribution is -0.140. The molecule has 3 heterocycles. The Bertz CT molecular complexity index is 1420. The lowest BCUT2D eigenvalue weighted by Gasteiger charge is -2.26. The Morgan fingerprint density at radius 1 is 1.05 bits per heavy atom. The number of nitrogens with zero attached hydrogens (tertiary/aromatic N) is 2. The van der Waals surface area contributed by atoms with Gasteiger partial charge >= 0.3 is 0 Å². The summed E-state index contributed by atoms with van der Waals surface area (Å²) in [6.45, 7) is 6.99. The van der Waals surface area contributed by atoms with E-state index in [1.165, 1.54) is 4.90 Å². The van der Waals surface area contributed by atoms with E-state index in [0.717, 1.165) is 23.3 Å². The molecule has 8 heteroatoms. The van der Waals surface area contributed by atoms with Gasteiger partial charge in [-0.25, -0.2) is 0 Å². The van der Waals surface area contributed by atoms with Gasteiger partial charge in [0.2, 0.25) is 0 Å². The highest BCUT2D eigenvalue weighted by Crippen LogP contribution is 2.43. The van der Waals surface area contributed by atoms with Crippen LogP contribution in [0.4, 0.5) is 0 Å². The van der Waals surface area contributed by atoms with Crippen LogP contribution in [0.15, 0.2) is 66.5 Å². The van der Waals surface area contributed by atoms with E-state index in [2.05, 4.69) is 4.98 Å². The summed E-state index contributed by atoms with van der Waals surface area (Å²) in [5.74, 6) is 0.226. The number of rotatable bonds is 9. The minimum Gasteiger partial charge on any atom is -0.507 e. The molecule has 2 aliphatic heterocycles. The van der Waals surface area contributed by atoms with Crippen LogP contribution in [0.3, 0.4) is 0 Å². The number of ketones is 1. The zero-order chi connectivity index (χ0) is 27.5. The molecule has 1 amide bonds. The molecular formula is C31H32N2O6. The minimum absolute atomic E-state index is 0.0330. The highest BCUT2D eigenvalue weighted by molar-refractivity contribution is 6.46. The predicted molar refractivity (Wildman–Crippen MR) is 146 cm³/mol. The summed E-state index contributed by atoms with van der Waals surface area (Å²) < 4.78 is 17.5. The average molecular weight is 529 g/mol. The molecule has 39 heavy (non-hydrogen) atoms. The van der Waals surface area contributed by atoms with Gasteiger partial charge in [0.1, 0.15) is 17.6 Å². The van der Waals surface area contributed by atoms with Crippen molar-refractivity contribution >= 4 is 17.4 Å². The third-order valence-electron chi connectivity index (χ3n) is 6.86. The van der Waals surface area contributed by atoms with Gasteiger partial charge in [0.25, 0.3) is 11.7 Å². The summed E-state index contributed by atoms with van der Waals surface area (Å²) in [5.41, 5.74) is 2.89. The SMILES string of the molecule is CCCOc1ccc([C@@H]2C(=C(O)c3ccc4c(c3)C[C@@H](C)O4)C(=O)C(=O)N2Cc2ccncc2)cc1OCC. The van der Waals surface area contributed by atoms with Crippen molar-refractivity contribution in [2.75, 3.05) is 13.2 Å². The van der Waals surface area contributed by atoms with Crippen LogP contribution in [0, 0.1) is 0 Å². The molecule has 2 atom stereocenters. The van der Waals surface area contributed by atoms with Gasteiger partial charge < -0.3 is 24.2 Å². The number of Topliss-reactive ketones (excluding diaryl/α,β-unsaturated/α-hetero) is 1. The number of likely N-dealkylation sites (tertiary alicyclic amines) is 1. The van der Waals surface area contributed by atoms with Crippen molar-refractivity contribution in [2.24, 2.45) is 0 Å². The lowest BCUT2D eigenvalue weighted by atomic mass is 9.94. The second kappa shape index (κ2) is 11.2. The third kappa shape index (κ3) is 5.19. The number of aliphatic hydroxyl groups excluding tert-OH is 1. The number of carbonyl (C=O) groups is 2. The van der Waals surface area contributed by atoms with Crippen LogP contribution in [-0.2, 0) is 22.6 Å². The van der Waals surface area contributed by atoms with Gasteiger partial charge in [-0.05, 0) is 79.4 Å². The van der Waals surface area contributed by atoms with Crippen LogP contribution in [0.25, 0.3) is 5.76 Å². The van der Waals surface area contributed by atoms with Crippen molar-refractivity contribution in [3.63, 3.8) is 0 Å². The predicted octanol–water partition coefficient (Wildman–Crippen LogP) is 5.21. The fourth-order valence-electron chi connectivity index (χ4n) is 5.09. The van der Waals surface area contributed by atoms with Gasteiger partial charge in [-0.2, -0.15) is 0 Å². The second-order valence-corrected chi connectivity index (χ2v) is 9.73. The normalized spacial score (nSPS) is 19.6. The van der Waals surface area contributed by atoms with Crippen molar-refractivity contribution < 1.29 is 28.9 Å². The number of benzene rings is 2. The monoisotopic (exact) mass is 528 g/mol. The Morgan fingerprint density at radius 3 is 2.59 bits per heavy atom. The van der Waals surface area contributed by atoms with Gasteiger partial charge in [-0.15, -0.1) is 0 Å². The van der Waals surface area contributed by atoms with E-state index < -0.39 is 17.7 Å². The summed E-state index contributed by atoms with van der Waals surface area (Å²) in [6, 6.07) is 13.5. The maximum atomic E-state index is 13.5. The molecule has 0 spiro atoms. The maximum Gasteiger partial charge on any atom is 0.295 e. The smallest absolute Gasteiger partial charge is 0.295 e. The van der Waals surface area contributed by atoms with E-state index in [1.54, 1.807) is 48.8 Å². The van der Waals surface area contributed by atoms with Gasteiger partial charge in [0.05, 0.1) is 24.8 Å². The number of amides is 1. The van der Waals surface area contributed by atoms with E-state index in [4.69, 9.17) is 14.2 Å². The molecule has 0 bridgehead atoms. The van der Waals surface area contributed by atoms with Crippen molar-refractivity contribution in [1.29, 1.82) is 0 Å². The standard InChI is InChI=1S/C31H32N2O6/c1-4-14-38-25-9-6-21(17-26(25)37-5-2)28-27(29(34)22-7-8-24-23(16-22)15-19(3)39-24)30(35)31(36)33(28)18-20-10-12-32-13-11-20/h6-13,16-17,19,28,34H,4-5,14-15,18H2,1-3H3/t19-,28-/m1/s1. The van der Waals surface area contributed by atoms with E-state index >= 15 is 0 Å². The Labute approximate surface area is 227 Å². The third-order valence-corrected chi connectivity index (χ3v) is 6.86. The number of hydrogen-bond acceptors (Lipinski definition) is 7. The number of fused-ring (bicyclic) bond motifs is 1. The fraction of sp³-hybridized carbons (Fsp3) is 0.323. The van der Waals surface area contributed by atoms with Gasteiger partial charge in [0.15, 0.2) is 11.5 Å². The van der Waals surface area contributed by atoms with Crippen molar-refractivity contribution in [1.82, 2.24) is 9.88 Å². The molecule has 1 saturated heterocycles. The molecule has 0 radical (unpaired) electrons. The number of carbonyl (C=O) groups excluding carboxylic acids is 2. The van der Waals surface area contributed by atoms with Gasteiger partial charge in [-0.1, -0.05) is 13.0 Å². The van der Waals surface area contributed by atoms with E-state index in [9.17, 15) is 14.7 Å². The van der Waals surface area contributed by atoms with Crippen LogP contribution < -0.4 is 14.2 Å². The molecular weight excluding hydrogens is 496 g/mol. The Kier molecular flexibility index (Phi) is 7.54. The summed E-state index contributed by atoms with van der Waals surface area (Å²) in [5, 5.41) is 11.5. The Hall–Kier alpha value is -4.33. The Morgan fingerprint density at radius 2 is 1.85 bits per heavy atom. The van der Waals surface area contributed by atoms with Gasteiger partial charge in [0, 0.05) is 30.9 Å². The number of hydrogen-bond donors (Lipinski definition) is 1. The topological polar surface area (TPSA) is 98.2 Å². The van der Waals surface area contributed by atoms with Crippen LogP contribution in [0.2, 0.25) is 0 Å². The first-order chi connectivity index (χ1) is 18.9. The van der Waals surface area contributed by atoms with E-state index in [-0.39, 0.29) is 24.0 Å². The Balaban J connectivity index is 1.63. The highest BCUT2D eigenvalue weighted by Gasteiger charge is 2.46. The number of ether oxygens (including phenoxy) is 3. The first-order valence-corrected chi connectivity index (χ1v) is 13.3. The number of aliphatic hydroxyl groups is 1.